The predicted molar refractivity (Wildman–Crippen MR) is 142 cm³/mol. The number of ether oxygens (including phenoxy) is 1. The molecule has 7 heteroatoms. The lowest BCUT2D eigenvalue weighted by atomic mass is 9.95. The molecule has 0 radical (unpaired) electrons. The Labute approximate surface area is 212 Å². The van der Waals surface area contributed by atoms with Crippen LogP contribution in [-0.2, 0) is 11.3 Å². The third-order valence-electron chi connectivity index (χ3n) is 6.56. The number of carbonyl (C=O) groups excluding carboxylic acids is 1. The normalized spacial score (nSPS) is 14.4. The van der Waals surface area contributed by atoms with E-state index in [-0.39, 0.29) is 17.9 Å². The fraction of sp³-hybridized carbons (Fsp3) is 0.345. The largest absolute Gasteiger partial charge is 0.491 e. The minimum absolute atomic E-state index is 0.0146. The van der Waals surface area contributed by atoms with E-state index < -0.39 is 0 Å². The minimum Gasteiger partial charge on any atom is -0.491 e. The lowest BCUT2D eigenvalue weighted by Crippen LogP contribution is -2.41. The quantitative estimate of drug-likeness (QED) is 0.399. The van der Waals surface area contributed by atoms with E-state index in [0.717, 1.165) is 65.7 Å². The molecule has 7 nitrogen and oxygen atoms in total. The third-order valence-corrected chi connectivity index (χ3v) is 6.56. The highest BCUT2D eigenvalue weighted by atomic mass is 16.5. The van der Waals surface area contributed by atoms with Crippen LogP contribution in [0.5, 0.6) is 5.75 Å². The first-order valence-electron chi connectivity index (χ1n) is 12.7. The van der Waals surface area contributed by atoms with Crippen molar-refractivity contribution < 1.29 is 9.53 Å². The molecule has 1 fully saturated rings. The number of nitrogens with zero attached hydrogens (tertiary/aromatic N) is 4. The molecule has 0 spiro atoms. The number of aromatic nitrogens is 3. The van der Waals surface area contributed by atoms with Crippen LogP contribution in [0.3, 0.4) is 0 Å². The molecule has 0 atom stereocenters. The molecule has 3 heterocycles. The summed E-state index contributed by atoms with van der Waals surface area (Å²) in [6, 6.07) is 22.2. The number of rotatable bonds is 7. The van der Waals surface area contributed by atoms with E-state index in [9.17, 15) is 4.79 Å². The van der Waals surface area contributed by atoms with Crippen molar-refractivity contribution in [2.24, 2.45) is 5.92 Å². The first-order chi connectivity index (χ1) is 17.5. The van der Waals surface area contributed by atoms with Crippen molar-refractivity contribution >= 4 is 17.4 Å². The van der Waals surface area contributed by atoms with Crippen LogP contribution >= 0.6 is 0 Å². The van der Waals surface area contributed by atoms with Crippen LogP contribution in [0.15, 0.2) is 66.7 Å². The van der Waals surface area contributed by atoms with Crippen LogP contribution in [0.4, 0.5) is 5.82 Å². The maximum absolute atomic E-state index is 12.9. The molecule has 4 aromatic rings. The zero-order valence-electron chi connectivity index (χ0n) is 21.1. The molecule has 5 rings (SSSR count). The molecule has 1 aliphatic rings. The van der Waals surface area contributed by atoms with Gasteiger partial charge in [-0.25, -0.2) is 4.98 Å². The molecule has 2 aromatic heterocycles. The number of piperidine rings is 1. The highest BCUT2D eigenvalue weighted by molar-refractivity contribution is 5.79. The molecule has 0 unspecified atom stereocenters. The summed E-state index contributed by atoms with van der Waals surface area (Å²) in [5, 5.41) is 7.98. The van der Waals surface area contributed by atoms with Gasteiger partial charge in [0.05, 0.1) is 11.8 Å². The van der Waals surface area contributed by atoms with Gasteiger partial charge >= 0.3 is 0 Å². The zero-order valence-corrected chi connectivity index (χ0v) is 21.1. The second-order valence-corrected chi connectivity index (χ2v) is 9.71. The second-order valence-electron chi connectivity index (χ2n) is 9.71. The number of amides is 1. The number of fused-ring (bicyclic) bond motifs is 1. The molecule has 0 aliphatic carbocycles. The first kappa shape index (κ1) is 23.9. The molecular formula is C29H33N5O2. The number of benzene rings is 2. The van der Waals surface area contributed by atoms with Crippen molar-refractivity contribution in [1.29, 1.82) is 0 Å². The van der Waals surface area contributed by atoms with Gasteiger partial charge in [-0.15, -0.1) is 0 Å². The number of hydrogen-bond donors (Lipinski definition) is 1. The van der Waals surface area contributed by atoms with Crippen LogP contribution in [0, 0.1) is 12.8 Å². The van der Waals surface area contributed by atoms with Gasteiger partial charge in [0.1, 0.15) is 11.6 Å². The Morgan fingerprint density at radius 2 is 1.78 bits per heavy atom. The van der Waals surface area contributed by atoms with Crippen molar-refractivity contribution in [3.8, 4) is 17.0 Å². The van der Waals surface area contributed by atoms with Gasteiger partial charge in [-0.1, -0.05) is 42.5 Å². The topological polar surface area (TPSA) is 71.8 Å². The molecule has 1 amide bonds. The smallest absolute Gasteiger partial charge is 0.223 e. The average Bonchev–Trinajstić information content (AvgIpc) is 3.32. The molecule has 1 saturated heterocycles. The van der Waals surface area contributed by atoms with Crippen LogP contribution in [-0.4, -0.2) is 39.7 Å². The molecule has 2 aromatic carbocycles. The average molecular weight is 484 g/mol. The predicted octanol–water partition coefficient (Wildman–Crippen LogP) is 5.02. The highest BCUT2D eigenvalue weighted by Crippen LogP contribution is 2.27. The Hall–Kier alpha value is -3.87. The van der Waals surface area contributed by atoms with Gasteiger partial charge in [0.2, 0.25) is 5.91 Å². The van der Waals surface area contributed by atoms with Crippen LogP contribution < -0.4 is 15.0 Å². The number of carbonyl (C=O) groups is 1. The summed E-state index contributed by atoms with van der Waals surface area (Å²) in [5.41, 5.74) is 4.85. The van der Waals surface area contributed by atoms with Gasteiger partial charge in [0.15, 0.2) is 5.65 Å². The van der Waals surface area contributed by atoms with E-state index in [4.69, 9.17) is 14.8 Å². The monoisotopic (exact) mass is 483 g/mol. The number of anilines is 1. The maximum atomic E-state index is 12.9. The lowest BCUT2D eigenvalue weighted by molar-refractivity contribution is -0.125. The number of aryl methyl sites for hydroxylation is 1. The van der Waals surface area contributed by atoms with Crippen molar-refractivity contribution in [3.63, 3.8) is 0 Å². The van der Waals surface area contributed by atoms with Crippen molar-refractivity contribution in [3.05, 3.63) is 78.0 Å². The summed E-state index contributed by atoms with van der Waals surface area (Å²) in [6.45, 7) is 8.17. The van der Waals surface area contributed by atoms with Gasteiger partial charge in [-0.05, 0) is 51.3 Å². The molecule has 1 aliphatic heterocycles. The molecule has 1 N–H and O–H groups in total. The summed E-state index contributed by atoms with van der Waals surface area (Å²) in [6.07, 6.45) is 1.76. The van der Waals surface area contributed by atoms with E-state index in [0.29, 0.717) is 6.54 Å². The second kappa shape index (κ2) is 10.4. The number of nitrogens with one attached hydrogen (secondary N) is 1. The van der Waals surface area contributed by atoms with Crippen LogP contribution in [0.2, 0.25) is 0 Å². The fourth-order valence-corrected chi connectivity index (χ4v) is 4.72. The SMILES string of the molecule is Cc1cc(N2CCC(C(=O)NCc3ccc(OC(C)C)cc3)CC2)n2nc(-c3ccccc3)cc2n1. The zero-order chi connectivity index (χ0) is 25.1. The van der Waals surface area contributed by atoms with Gasteiger partial charge in [-0.3, -0.25) is 4.79 Å². The molecule has 0 bridgehead atoms. The van der Waals surface area contributed by atoms with E-state index >= 15 is 0 Å². The Kier molecular flexibility index (Phi) is 6.89. The summed E-state index contributed by atoms with van der Waals surface area (Å²) in [7, 11) is 0. The highest BCUT2D eigenvalue weighted by Gasteiger charge is 2.26. The summed E-state index contributed by atoms with van der Waals surface area (Å²) < 4.78 is 7.63. The summed E-state index contributed by atoms with van der Waals surface area (Å²) in [5.74, 6) is 2.02. The Balaban J connectivity index is 1.21. The van der Waals surface area contributed by atoms with Crippen molar-refractivity contribution in [2.45, 2.75) is 46.3 Å². The van der Waals surface area contributed by atoms with E-state index in [1.807, 2.05) is 73.8 Å². The van der Waals surface area contributed by atoms with E-state index in [1.54, 1.807) is 0 Å². The minimum atomic E-state index is 0.0146. The number of hydrogen-bond acceptors (Lipinski definition) is 5. The first-order valence-corrected chi connectivity index (χ1v) is 12.7. The van der Waals surface area contributed by atoms with Crippen molar-refractivity contribution in [1.82, 2.24) is 19.9 Å². The van der Waals surface area contributed by atoms with Crippen LogP contribution in [0.25, 0.3) is 16.9 Å². The standard InChI is InChI=1S/C29H33N5O2/c1-20(2)36-25-11-9-22(10-12-25)19-30-29(35)24-13-15-33(16-14-24)28-17-21(3)31-27-18-26(32-34(27)28)23-7-5-4-6-8-23/h4-12,17-18,20,24H,13-16,19H2,1-3H3,(H,30,35). The van der Waals surface area contributed by atoms with Gasteiger partial charge in [-0.2, -0.15) is 9.61 Å². The molecular weight excluding hydrogens is 450 g/mol. The van der Waals surface area contributed by atoms with Gasteiger partial charge in [0, 0.05) is 48.9 Å². The molecule has 0 saturated carbocycles. The van der Waals surface area contributed by atoms with E-state index in [2.05, 4.69) is 28.4 Å². The maximum Gasteiger partial charge on any atom is 0.223 e. The Bertz CT molecular complexity index is 1320. The van der Waals surface area contributed by atoms with Gasteiger partial charge in [0.25, 0.3) is 0 Å². The molecule has 186 valence electrons. The lowest BCUT2D eigenvalue weighted by Gasteiger charge is -2.33. The fourth-order valence-electron chi connectivity index (χ4n) is 4.72. The summed E-state index contributed by atoms with van der Waals surface area (Å²) >= 11 is 0. The Morgan fingerprint density at radius 3 is 2.47 bits per heavy atom. The third kappa shape index (κ3) is 5.35. The van der Waals surface area contributed by atoms with Crippen molar-refractivity contribution in [2.75, 3.05) is 18.0 Å². The van der Waals surface area contributed by atoms with Crippen LogP contribution in [0.1, 0.15) is 37.9 Å². The van der Waals surface area contributed by atoms with E-state index in [1.165, 1.54) is 0 Å². The summed E-state index contributed by atoms with van der Waals surface area (Å²) in [4.78, 5) is 19.9. The molecule has 36 heavy (non-hydrogen) atoms. The Morgan fingerprint density at radius 1 is 1.06 bits per heavy atom. The van der Waals surface area contributed by atoms with Gasteiger partial charge < -0.3 is 15.0 Å².